The summed E-state index contributed by atoms with van der Waals surface area (Å²) in [6.07, 6.45) is 4.01. The molecule has 5 nitrogen and oxygen atoms in total. The summed E-state index contributed by atoms with van der Waals surface area (Å²) >= 11 is 5.00. The van der Waals surface area contributed by atoms with Crippen LogP contribution in [0.1, 0.15) is 17.0 Å². The van der Waals surface area contributed by atoms with Crippen LogP contribution in [0.5, 0.6) is 0 Å². The monoisotopic (exact) mass is 352 g/mol. The van der Waals surface area contributed by atoms with Crippen molar-refractivity contribution in [2.24, 2.45) is 0 Å². The Morgan fingerprint density at radius 3 is 3.15 bits per heavy atom. The third-order valence-corrected chi connectivity index (χ3v) is 4.29. The summed E-state index contributed by atoms with van der Waals surface area (Å²) in [5.41, 5.74) is 1.02. The number of carbonyl (C=O) groups excluding carboxylic acids is 1. The number of nitrogens with zero attached hydrogens (tertiary/aromatic N) is 3. The molecule has 1 aliphatic rings. The molecule has 1 amide bonds. The van der Waals surface area contributed by atoms with Crippen molar-refractivity contribution in [2.45, 2.75) is 19.5 Å². The SMILES string of the molecule is O=C1CCNc2ncc(Br)cc2CN1Cc1nccs1. The third kappa shape index (κ3) is 2.99. The molecule has 7 heteroatoms. The van der Waals surface area contributed by atoms with Gasteiger partial charge in [0.1, 0.15) is 10.8 Å². The maximum Gasteiger partial charge on any atom is 0.225 e. The van der Waals surface area contributed by atoms with E-state index in [2.05, 4.69) is 31.2 Å². The fraction of sp³-hybridized carbons (Fsp3) is 0.308. The summed E-state index contributed by atoms with van der Waals surface area (Å²) in [5, 5.41) is 6.09. The number of nitrogens with one attached hydrogen (secondary N) is 1. The lowest BCUT2D eigenvalue weighted by Gasteiger charge is -2.26. The Morgan fingerprint density at radius 1 is 1.45 bits per heavy atom. The zero-order valence-electron chi connectivity index (χ0n) is 10.7. The van der Waals surface area contributed by atoms with Crippen molar-refractivity contribution in [1.82, 2.24) is 14.9 Å². The van der Waals surface area contributed by atoms with Gasteiger partial charge >= 0.3 is 0 Å². The first-order chi connectivity index (χ1) is 9.72. The van der Waals surface area contributed by atoms with Crippen LogP contribution in [0, 0.1) is 0 Å². The maximum absolute atomic E-state index is 12.2. The lowest BCUT2D eigenvalue weighted by atomic mass is 10.2. The highest BCUT2D eigenvalue weighted by Crippen LogP contribution is 2.23. The number of amides is 1. The van der Waals surface area contributed by atoms with Gasteiger partial charge in [0.05, 0.1) is 6.54 Å². The number of fused-ring (bicyclic) bond motifs is 1. The van der Waals surface area contributed by atoms with Crippen LogP contribution in [-0.2, 0) is 17.9 Å². The van der Waals surface area contributed by atoms with E-state index in [0.717, 1.165) is 20.9 Å². The smallest absolute Gasteiger partial charge is 0.225 e. The molecule has 3 heterocycles. The zero-order valence-corrected chi connectivity index (χ0v) is 13.1. The van der Waals surface area contributed by atoms with Crippen molar-refractivity contribution in [3.63, 3.8) is 0 Å². The molecule has 20 heavy (non-hydrogen) atoms. The predicted octanol–water partition coefficient (Wildman–Crippen LogP) is 2.65. The van der Waals surface area contributed by atoms with Gasteiger partial charge in [-0.1, -0.05) is 0 Å². The van der Waals surface area contributed by atoms with Crippen molar-refractivity contribution in [1.29, 1.82) is 0 Å². The van der Waals surface area contributed by atoms with Gasteiger partial charge in [0.2, 0.25) is 5.91 Å². The lowest BCUT2D eigenvalue weighted by Crippen LogP contribution is -2.33. The van der Waals surface area contributed by atoms with Crippen molar-refractivity contribution in [3.8, 4) is 0 Å². The molecule has 0 aromatic carbocycles. The Morgan fingerprint density at radius 2 is 2.35 bits per heavy atom. The number of anilines is 1. The molecule has 2 aromatic heterocycles. The minimum absolute atomic E-state index is 0.137. The molecule has 1 aliphatic heterocycles. The van der Waals surface area contributed by atoms with Gasteiger partial charge in [-0.25, -0.2) is 9.97 Å². The second kappa shape index (κ2) is 5.88. The molecule has 0 unspecified atom stereocenters. The van der Waals surface area contributed by atoms with Gasteiger partial charge in [-0.3, -0.25) is 4.79 Å². The maximum atomic E-state index is 12.2. The van der Waals surface area contributed by atoms with Crippen molar-refractivity contribution in [3.05, 3.63) is 38.9 Å². The van der Waals surface area contributed by atoms with Gasteiger partial charge in [-0.15, -0.1) is 11.3 Å². The normalized spacial score (nSPS) is 15.2. The second-order valence-corrected chi connectivity index (χ2v) is 6.41. The molecule has 3 rings (SSSR count). The minimum atomic E-state index is 0.137. The summed E-state index contributed by atoms with van der Waals surface area (Å²) in [4.78, 5) is 22.7. The quantitative estimate of drug-likeness (QED) is 0.902. The molecule has 0 saturated carbocycles. The van der Waals surface area contributed by atoms with Crippen LogP contribution >= 0.6 is 27.3 Å². The van der Waals surface area contributed by atoms with E-state index in [1.807, 2.05) is 16.3 Å². The average Bonchev–Trinajstić information content (AvgIpc) is 2.91. The molecular weight excluding hydrogens is 340 g/mol. The first-order valence-electron chi connectivity index (χ1n) is 6.27. The highest BCUT2D eigenvalue weighted by Gasteiger charge is 2.20. The van der Waals surface area contributed by atoms with Crippen molar-refractivity contribution in [2.75, 3.05) is 11.9 Å². The number of pyridine rings is 1. The largest absolute Gasteiger partial charge is 0.369 e. The van der Waals surface area contributed by atoms with Crippen molar-refractivity contribution >= 4 is 39.0 Å². The van der Waals surface area contributed by atoms with Gasteiger partial charge < -0.3 is 10.2 Å². The number of halogens is 1. The summed E-state index contributed by atoms with van der Waals surface area (Å²) in [7, 11) is 0. The minimum Gasteiger partial charge on any atom is -0.369 e. The number of thiazole rings is 1. The molecule has 104 valence electrons. The highest BCUT2D eigenvalue weighted by atomic mass is 79.9. The van der Waals surface area contributed by atoms with Crippen LogP contribution in [0.4, 0.5) is 5.82 Å². The van der Waals surface area contributed by atoms with Gasteiger partial charge in [0, 0.05) is 47.3 Å². The van der Waals surface area contributed by atoms with Gasteiger partial charge in [-0.2, -0.15) is 0 Å². The van der Waals surface area contributed by atoms with E-state index in [-0.39, 0.29) is 5.91 Å². The number of carbonyl (C=O) groups is 1. The number of aromatic nitrogens is 2. The summed E-state index contributed by atoms with van der Waals surface area (Å²) in [6, 6.07) is 2.00. The van der Waals surface area contributed by atoms with Crippen LogP contribution < -0.4 is 5.32 Å². The van der Waals surface area contributed by atoms with E-state index in [1.165, 1.54) is 0 Å². The van der Waals surface area contributed by atoms with Gasteiger partial charge in [0.15, 0.2) is 0 Å². The van der Waals surface area contributed by atoms with Crippen LogP contribution in [0.25, 0.3) is 0 Å². The molecule has 0 bridgehead atoms. The molecule has 2 aromatic rings. The first-order valence-corrected chi connectivity index (χ1v) is 7.94. The molecule has 0 saturated heterocycles. The number of rotatable bonds is 2. The molecular formula is C13H13BrN4OS. The van der Waals surface area contributed by atoms with E-state index in [0.29, 0.717) is 26.1 Å². The average molecular weight is 353 g/mol. The summed E-state index contributed by atoms with van der Waals surface area (Å²) < 4.78 is 0.917. The molecule has 0 spiro atoms. The van der Waals surface area contributed by atoms with Gasteiger partial charge in [0.25, 0.3) is 0 Å². The molecule has 0 aliphatic carbocycles. The predicted molar refractivity (Wildman–Crippen MR) is 81.4 cm³/mol. The highest BCUT2D eigenvalue weighted by molar-refractivity contribution is 9.10. The van der Waals surface area contributed by atoms with Gasteiger partial charge in [-0.05, 0) is 22.0 Å². The lowest BCUT2D eigenvalue weighted by molar-refractivity contribution is -0.132. The number of hydrogen-bond acceptors (Lipinski definition) is 5. The van der Waals surface area contributed by atoms with E-state index in [1.54, 1.807) is 23.7 Å². The van der Waals surface area contributed by atoms with Crippen LogP contribution in [-0.4, -0.2) is 27.3 Å². The molecule has 1 N–H and O–H groups in total. The molecule has 0 radical (unpaired) electrons. The Balaban J connectivity index is 1.87. The Hall–Kier alpha value is -1.47. The van der Waals surface area contributed by atoms with Crippen molar-refractivity contribution < 1.29 is 4.79 Å². The van der Waals surface area contributed by atoms with Crippen LogP contribution in [0.2, 0.25) is 0 Å². The third-order valence-electron chi connectivity index (χ3n) is 3.09. The molecule has 0 fully saturated rings. The molecule has 0 atom stereocenters. The fourth-order valence-electron chi connectivity index (χ4n) is 2.14. The number of hydrogen-bond donors (Lipinski definition) is 1. The van der Waals surface area contributed by atoms with E-state index < -0.39 is 0 Å². The second-order valence-electron chi connectivity index (χ2n) is 4.51. The standard InChI is InChI=1S/C13H13BrN4OS/c14-10-5-9-7-18(8-11-15-3-4-20-11)12(19)1-2-16-13(9)17-6-10/h3-6H,1-2,7-8H2,(H,16,17). The topological polar surface area (TPSA) is 58.1 Å². The summed E-state index contributed by atoms with van der Waals surface area (Å²) in [5.74, 6) is 0.989. The van der Waals surface area contributed by atoms with Crippen LogP contribution in [0.15, 0.2) is 28.3 Å². The van der Waals surface area contributed by atoms with Crippen LogP contribution in [0.3, 0.4) is 0 Å². The van der Waals surface area contributed by atoms with E-state index >= 15 is 0 Å². The Labute approximate surface area is 129 Å². The zero-order chi connectivity index (χ0) is 13.9. The Bertz CT molecular complexity index is 617. The fourth-order valence-corrected chi connectivity index (χ4v) is 3.15. The first kappa shape index (κ1) is 13.5. The summed E-state index contributed by atoms with van der Waals surface area (Å²) in [6.45, 7) is 1.71. The van der Waals surface area contributed by atoms with E-state index in [9.17, 15) is 4.79 Å². The Kier molecular flexibility index (Phi) is 3.98. The van der Waals surface area contributed by atoms with E-state index in [4.69, 9.17) is 0 Å².